The van der Waals surface area contributed by atoms with Crippen molar-refractivity contribution >= 4 is 42.4 Å². The Labute approximate surface area is 160 Å². The summed E-state index contributed by atoms with van der Waals surface area (Å²) in [6, 6.07) is 1.68. The summed E-state index contributed by atoms with van der Waals surface area (Å²) in [5.41, 5.74) is 0. The van der Waals surface area contributed by atoms with Crippen molar-refractivity contribution in [3.63, 3.8) is 0 Å². The molecule has 1 aliphatic heterocycles. The number of amides is 2. The van der Waals surface area contributed by atoms with Crippen molar-refractivity contribution in [2.75, 3.05) is 51.6 Å². The predicted molar refractivity (Wildman–Crippen MR) is 100 cm³/mol. The van der Waals surface area contributed by atoms with Crippen LogP contribution < -0.4 is 10.6 Å². The lowest BCUT2D eigenvalue weighted by Gasteiger charge is -2.35. The molecular weight excluding hydrogens is 369 g/mol. The van der Waals surface area contributed by atoms with Gasteiger partial charge in [0.1, 0.15) is 5.76 Å². The van der Waals surface area contributed by atoms with Gasteiger partial charge in [-0.05, 0) is 14.0 Å². The minimum absolute atomic E-state index is 0. The molecule has 0 bridgehead atoms. The van der Waals surface area contributed by atoms with E-state index in [0.717, 1.165) is 0 Å². The topological polar surface area (TPSA) is 90.7 Å². The summed E-state index contributed by atoms with van der Waals surface area (Å²) in [7, 11) is 1.84. The number of piperazine rings is 1. The Morgan fingerprint density at radius 3 is 2.44 bits per heavy atom. The molecule has 2 rings (SSSR count). The highest BCUT2D eigenvalue weighted by Gasteiger charge is 2.25. The third-order valence-electron chi connectivity index (χ3n) is 3.88. The van der Waals surface area contributed by atoms with E-state index in [-0.39, 0.29) is 42.5 Å². The van der Waals surface area contributed by atoms with Crippen molar-refractivity contribution in [1.29, 1.82) is 0 Å². The molecule has 10 heteroatoms. The smallest absolute Gasteiger partial charge is 0.239 e. The molecule has 1 saturated heterocycles. The van der Waals surface area contributed by atoms with E-state index in [2.05, 4.69) is 15.8 Å². The van der Waals surface area contributed by atoms with Crippen LogP contribution in [0.15, 0.2) is 10.6 Å². The van der Waals surface area contributed by atoms with Crippen molar-refractivity contribution in [3.8, 4) is 0 Å². The molecule has 144 valence electrons. The molecule has 25 heavy (non-hydrogen) atoms. The van der Waals surface area contributed by atoms with Gasteiger partial charge in [-0.2, -0.15) is 0 Å². The van der Waals surface area contributed by atoms with Gasteiger partial charge in [0.05, 0.1) is 6.54 Å². The van der Waals surface area contributed by atoms with E-state index in [4.69, 9.17) is 4.52 Å². The summed E-state index contributed by atoms with van der Waals surface area (Å²) < 4.78 is 4.91. The van der Waals surface area contributed by atoms with Crippen molar-refractivity contribution in [3.05, 3.63) is 11.8 Å². The minimum atomic E-state index is -0.123. The first-order chi connectivity index (χ1) is 11.0. The minimum Gasteiger partial charge on any atom is -0.360 e. The normalized spacial score (nSPS) is 15.7. The Kier molecular flexibility index (Phi) is 10.7. The van der Waals surface area contributed by atoms with E-state index in [0.29, 0.717) is 50.8 Å². The van der Waals surface area contributed by atoms with Crippen LogP contribution >= 0.6 is 24.8 Å². The Bertz CT molecular complexity index is 547. The number of nitrogens with zero attached hydrogens (tertiary/aromatic N) is 3. The lowest BCUT2D eigenvalue weighted by atomic mass is 10.1. The SMILES string of the molecule is CNCC(C)C(=O)N1CCN(CC(=O)Nc2cc(C)on2)CC1.Cl.Cl. The summed E-state index contributed by atoms with van der Waals surface area (Å²) in [6.45, 7) is 7.38. The quantitative estimate of drug-likeness (QED) is 0.738. The number of carbonyl (C=O) groups excluding carboxylic acids is 2. The Balaban J connectivity index is 0.00000288. The number of halogens is 2. The van der Waals surface area contributed by atoms with Crippen LogP contribution in [0, 0.1) is 12.8 Å². The Hall–Kier alpha value is -1.35. The van der Waals surface area contributed by atoms with Crippen LogP contribution in [-0.2, 0) is 9.59 Å². The van der Waals surface area contributed by atoms with Gasteiger partial charge in [0, 0.05) is 44.7 Å². The fourth-order valence-corrected chi connectivity index (χ4v) is 2.64. The number of anilines is 1. The molecule has 1 atom stereocenters. The van der Waals surface area contributed by atoms with E-state index < -0.39 is 0 Å². The number of aromatic nitrogens is 1. The van der Waals surface area contributed by atoms with Gasteiger partial charge in [-0.3, -0.25) is 14.5 Å². The van der Waals surface area contributed by atoms with Gasteiger partial charge in [-0.1, -0.05) is 12.1 Å². The largest absolute Gasteiger partial charge is 0.360 e. The summed E-state index contributed by atoms with van der Waals surface area (Å²) in [6.07, 6.45) is 0. The van der Waals surface area contributed by atoms with Crippen LogP contribution in [0.4, 0.5) is 5.82 Å². The second-order valence-electron chi connectivity index (χ2n) is 5.93. The zero-order chi connectivity index (χ0) is 16.8. The van der Waals surface area contributed by atoms with Crippen molar-refractivity contribution in [2.24, 2.45) is 5.92 Å². The predicted octanol–water partition coefficient (Wildman–Crippen LogP) is 0.765. The second kappa shape index (κ2) is 11.3. The molecule has 0 spiro atoms. The molecule has 0 aliphatic carbocycles. The fraction of sp³-hybridized carbons (Fsp3) is 0.667. The molecule has 0 radical (unpaired) electrons. The molecule has 1 aromatic rings. The fourth-order valence-electron chi connectivity index (χ4n) is 2.64. The molecule has 2 heterocycles. The van der Waals surface area contributed by atoms with Crippen LogP contribution in [0.25, 0.3) is 0 Å². The van der Waals surface area contributed by atoms with Crippen LogP contribution in [0.3, 0.4) is 0 Å². The number of aryl methyl sites for hydroxylation is 1. The van der Waals surface area contributed by atoms with Gasteiger partial charge in [0.25, 0.3) is 0 Å². The lowest BCUT2D eigenvalue weighted by molar-refractivity contribution is -0.136. The van der Waals surface area contributed by atoms with E-state index >= 15 is 0 Å². The van der Waals surface area contributed by atoms with E-state index in [9.17, 15) is 9.59 Å². The van der Waals surface area contributed by atoms with Gasteiger partial charge < -0.3 is 20.1 Å². The number of nitrogens with one attached hydrogen (secondary N) is 2. The molecule has 1 fully saturated rings. The van der Waals surface area contributed by atoms with Gasteiger partial charge in [-0.25, -0.2) is 0 Å². The third kappa shape index (κ3) is 7.19. The molecule has 0 aromatic carbocycles. The van der Waals surface area contributed by atoms with Crippen LogP contribution in [0.1, 0.15) is 12.7 Å². The molecule has 1 unspecified atom stereocenters. The Morgan fingerprint density at radius 2 is 1.92 bits per heavy atom. The molecule has 1 aliphatic rings. The van der Waals surface area contributed by atoms with Gasteiger partial charge in [0.15, 0.2) is 5.82 Å². The molecular formula is C15H27Cl2N5O3. The van der Waals surface area contributed by atoms with Gasteiger partial charge in [-0.15, -0.1) is 24.8 Å². The first-order valence-electron chi connectivity index (χ1n) is 7.88. The average molecular weight is 396 g/mol. The average Bonchev–Trinajstić information content (AvgIpc) is 2.92. The molecule has 2 amide bonds. The standard InChI is InChI=1S/C15H25N5O3.2ClH/c1-11(9-16-3)15(22)20-6-4-19(5-7-20)10-14(21)17-13-8-12(2)23-18-13;;/h8,11,16H,4-7,9-10H2,1-3H3,(H,17,18,21);2*1H. The number of rotatable bonds is 6. The number of hydrogen-bond acceptors (Lipinski definition) is 6. The van der Waals surface area contributed by atoms with E-state index in [1.807, 2.05) is 23.8 Å². The maximum Gasteiger partial charge on any atom is 0.239 e. The summed E-state index contributed by atoms with van der Waals surface area (Å²) in [5.74, 6) is 1.11. The molecule has 2 N–H and O–H groups in total. The molecule has 8 nitrogen and oxygen atoms in total. The monoisotopic (exact) mass is 395 g/mol. The highest BCUT2D eigenvalue weighted by atomic mass is 35.5. The maximum absolute atomic E-state index is 12.2. The number of hydrogen-bond donors (Lipinski definition) is 2. The first-order valence-corrected chi connectivity index (χ1v) is 7.88. The van der Waals surface area contributed by atoms with Crippen molar-refractivity contribution in [2.45, 2.75) is 13.8 Å². The maximum atomic E-state index is 12.2. The van der Waals surface area contributed by atoms with Gasteiger partial charge >= 0.3 is 0 Å². The second-order valence-corrected chi connectivity index (χ2v) is 5.93. The van der Waals surface area contributed by atoms with Crippen LogP contribution in [0.2, 0.25) is 0 Å². The van der Waals surface area contributed by atoms with E-state index in [1.54, 1.807) is 13.0 Å². The van der Waals surface area contributed by atoms with Crippen LogP contribution in [0.5, 0.6) is 0 Å². The van der Waals surface area contributed by atoms with Crippen LogP contribution in [-0.4, -0.2) is 73.1 Å². The van der Waals surface area contributed by atoms with Crippen molar-refractivity contribution < 1.29 is 14.1 Å². The zero-order valence-corrected chi connectivity index (χ0v) is 16.4. The molecule has 0 saturated carbocycles. The highest BCUT2D eigenvalue weighted by Crippen LogP contribution is 2.09. The number of carbonyl (C=O) groups is 2. The first kappa shape index (κ1) is 23.6. The zero-order valence-electron chi connectivity index (χ0n) is 14.8. The lowest BCUT2D eigenvalue weighted by Crippen LogP contribution is -2.52. The van der Waals surface area contributed by atoms with Gasteiger partial charge in [0.2, 0.25) is 11.8 Å². The van der Waals surface area contributed by atoms with E-state index in [1.165, 1.54) is 0 Å². The Morgan fingerprint density at radius 1 is 1.28 bits per heavy atom. The summed E-state index contributed by atoms with van der Waals surface area (Å²) in [5, 5.41) is 9.46. The molecule has 1 aromatic heterocycles. The summed E-state index contributed by atoms with van der Waals surface area (Å²) in [4.78, 5) is 28.1. The van der Waals surface area contributed by atoms with Crippen molar-refractivity contribution in [1.82, 2.24) is 20.3 Å². The third-order valence-corrected chi connectivity index (χ3v) is 3.88. The summed E-state index contributed by atoms with van der Waals surface area (Å²) >= 11 is 0. The highest BCUT2D eigenvalue weighted by molar-refractivity contribution is 5.91.